The third kappa shape index (κ3) is 5.43. The maximum absolute atomic E-state index is 13.3. The van der Waals surface area contributed by atoms with Crippen LogP contribution in [0.5, 0.6) is 0 Å². The number of thioether (sulfide) groups is 1. The molecule has 0 saturated heterocycles. The highest BCUT2D eigenvalue weighted by molar-refractivity contribution is 7.99. The molecular formula is C20H20ClF2NO2S. The second-order valence-electron chi connectivity index (χ2n) is 6.71. The molecule has 0 spiro atoms. The molecule has 1 fully saturated rings. The van der Waals surface area contributed by atoms with E-state index in [4.69, 9.17) is 11.6 Å². The van der Waals surface area contributed by atoms with Crippen molar-refractivity contribution in [1.29, 1.82) is 0 Å². The first-order valence-corrected chi connectivity index (χ1v) is 10.2. The molecule has 3 rings (SSSR count). The summed E-state index contributed by atoms with van der Waals surface area (Å²) < 4.78 is 26.3. The van der Waals surface area contributed by atoms with Crippen molar-refractivity contribution in [3.8, 4) is 0 Å². The van der Waals surface area contributed by atoms with Crippen LogP contribution in [-0.4, -0.2) is 22.9 Å². The van der Waals surface area contributed by atoms with E-state index in [1.54, 1.807) is 30.0 Å². The first-order chi connectivity index (χ1) is 12.9. The monoisotopic (exact) mass is 411 g/mol. The molecule has 1 aliphatic rings. The van der Waals surface area contributed by atoms with E-state index in [-0.39, 0.29) is 11.8 Å². The van der Waals surface area contributed by atoms with Crippen LogP contribution >= 0.6 is 23.4 Å². The zero-order valence-electron chi connectivity index (χ0n) is 14.6. The molecule has 1 aliphatic carbocycles. The van der Waals surface area contributed by atoms with Gasteiger partial charge < -0.3 is 10.4 Å². The highest BCUT2D eigenvalue weighted by Crippen LogP contribution is 2.34. The topological polar surface area (TPSA) is 49.3 Å². The summed E-state index contributed by atoms with van der Waals surface area (Å²) in [5.74, 6) is -0.999. The first-order valence-electron chi connectivity index (χ1n) is 8.79. The molecular weight excluding hydrogens is 392 g/mol. The second-order valence-corrected chi connectivity index (χ2v) is 8.18. The lowest BCUT2D eigenvalue weighted by molar-refractivity contribution is 0.102. The number of carbonyl (C=O) groups excluding carboxylic acids is 1. The highest BCUT2D eigenvalue weighted by atomic mass is 35.5. The van der Waals surface area contributed by atoms with Gasteiger partial charge in [0.25, 0.3) is 5.91 Å². The van der Waals surface area contributed by atoms with Crippen molar-refractivity contribution in [2.24, 2.45) is 5.92 Å². The van der Waals surface area contributed by atoms with E-state index in [1.807, 2.05) is 0 Å². The lowest BCUT2D eigenvalue weighted by Crippen LogP contribution is -2.19. The smallest absolute Gasteiger partial charge is 0.255 e. The van der Waals surface area contributed by atoms with Gasteiger partial charge in [-0.05, 0) is 61.9 Å². The average Bonchev–Trinajstić information content (AvgIpc) is 2.65. The number of rotatable bonds is 5. The minimum Gasteiger partial charge on any atom is -0.393 e. The van der Waals surface area contributed by atoms with Gasteiger partial charge in [-0.25, -0.2) is 8.78 Å². The Bertz CT molecular complexity index is 826. The van der Waals surface area contributed by atoms with Crippen molar-refractivity contribution in [3.05, 3.63) is 58.6 Å². The van der Waals surface area contributed by atoms with Gasteiger partial charge in [-0.3, -0.25) is 4.79 Å². The molecule has 2 N–H and O–H groups in total. The van der Waals surface area contributed by atoms with Gasteiger partial charge in [0.15, 0.2) is 11.6 Å². The van der Waals surface area contributed by atoms with Crippen LogP contribution in [0.2, 0.25) is 5.02 Å². The molecule has 7 heteroatoms. The summed E-state index contributed by atoms with van der Waals surface area (Å²) in [4.78, 5) is 13.2. The third-order valence-electron chi connectivity index (χ3n) is 4.66. The Morgan fingerprint density at radius 2 is 1.85 bits per heavy atom. The van der Waals surface area contributed by atoms with Crippen molar-refractivity contribution < 1.29 is 18.7 Å². The number of carbonyl (C=O) groups is 1. The van der Waals surface area contributed by atoms with Gasteiger partial charge in [0.1, 0.15) is 0 Å². The van der Waals surface area contributed by atoms with Gasteiger partial charge in [-0.2, -0.15) is 0 Å². The first kappa shape index (κ1) is 20.1. The quantitative estimate of drug-likeness (QED) is 0.637. The van der Waals surface area contributed by atoms with E-state index in [1.165, 1.54) is 6.07 Å². The van der Waals surface area contributed by atoms with Crippen molar-refractivity contribution >= 4 is 35.0 Å². The Morgan fingerprint density at radius 3 is 2.56 bits per heavy atom. The highest BCUT2D eigenvalue weighted by Gasteiger charge is 2.20. The molecule has 0 aromatic heterocycles. The average molecular weight is 412 g/mol. The van der Waals surface area contributed by atoms with Crippen LogP contribution in [0.3, 0.4) is 0 Å². The predicted molar refractivity (Wildman–Crippen MR) is 104 cm³/mol. The van der Waals surface area contributed by atoms with Gasteiger partial charge in [0.2, 0.25) is 0 Å². The Morgan fingerprint density at radius 1 is 1.11 bits per heavy atom. The van der Waals surface area contributed by atoms with Gasteiger partial charge in [-0.1, -0.05) is 11.6 Å². The minimum atomic E-state index is -1.02. The van der Waals surface area contributed by atoms with Gasteiger partial charge in [-0.15, -0.1) is 11.8 Å². The fourth-order valence-electron chi connectivity index (χ4n) is 3.05. The lowest BCUT2D eigenvalue weighted by Gasteiger charge is -2.25. The summed E-state index contributed by atoms with van der Waals surface area (Å²) in [5, 5.41) is 12.7. The van der Waals surface area contributed by atoms with Crippen LogP contribution < -0.4 is 5.32 Å². The molecule has 27 heavy (non-hydrogen) atoms. The van der Waals surface area contributed by atoms with Crippen molar-refractivity contribution in [3.63, 3.8) is 0 Å². The molecule has 0 aliphatic heterocycles. The number of amides is 1. The van der Waals surface area contributed by atoms with E-state index in [0.29, 0.717) is 16.5 Å². The van der Waals surface area contributed by atoms with Crippen molar-refractivity contribution in [2.45, 2.75) is 36.7 Å². The summed E-state index contributed by atoms with van der Waals surface area (Å²) >= 11 is 7.85. The number of aliphatic hydroxyl groups excluding tert-OH is 1. The maximum atomic E-state index is 13.3. The zero-order valence-corrected chi connectivity index (χ0v) is 16.1. The lowest BCUT2D eigenvalue weighted by atomic mass is 9.89. The van der Waals surface area contributed by atoms with Crippen LogP contribution in [0.15, 0.2) is 41.3 Å². The molecule has 0 radical (unpaired) electrons. The molecule has 0 atom stereocenters. The number of halogens is 3. The fraction of sp³-hybridized carbons (Fsp3) is 0.350. The van der Waals surface area contributed by atoms with E-state index >= 15 is 0 Å². The normalized spacial score (nSPS) is 19.7. The molecule has 3 nitrogen and oxygen atoms in total. The number of hydrogen-bond acceptors (Lipinski definition) is 3. The Balaban J connectivity index is 1.64. The molecule has 1 amide bonds. The molecule has 144 valence electrons. The summed E-state index contributed by atoms with van der Waals surface area (Å²) in [7, 11) is 0. The molecule has 0 unspecified atom stereocenters. The van der Waals surface area contributed by atoms with Crippen LogP contribution in [0, 0.1) is 17.6 Å². The molecule has 0 bridgehead atoms. The number of hydrogen-bond donors (Lipinski definition) is 2. The van der Waals surface area contributed by atoms with Crippen molar-refractivity contribution in [2.75, 3.05) is 11.1 Å². The van der Waals surface area contributed by atoms with Crippen LogP contribution in [-0.2, 0) is 0 Å². The van der Waals surface area contributed by atoms with Gasteiger partial charge in [0.05, 0.1) is 11.1 Å². The molecule has 2 aromatic carbocycles. The maximum Gasteiger partial charge on any atom is 0.255 e. The number of nitrogens with one attached hydrogen (secondary N) is 1. The molecule has 0 heterocycles. The van der Waals surface area contributed by atoms with E-state index in [2.05, 4.69) is 5.32 Å². The third-order valence-corrected chi connectivity index (χ3v) is 6.39. The molecule has 2 aromatic rings. The Kier molecular flexibility index (Phi) is 6.73. The summed E-state index contributed by atoms with van der Waals surface area (Å²) in [6, 6.07) is 8.18. The summed E-state index contributed by atoms with van der Waals surface area (Å²) in [6.07, 6.45) is 3.45. The number of aliphatic hydroxyl groups is 1. The van der Waals surface area contributed by atoms with E-state index in [0.717, 1.165) is 48.5 Å². The van der Waals surface area contributed by atoms with Gasteiger partial charge >= 0.3 is 0 Å². The molecule has 1 saturated carbocycles. The minimum absolute atomic E-state index is 0.182. The van der Waals surface area contributed by atoms with E-state index in [9.17, 15) is 18.7 Å². The largest absolute Gasteiger partial charge is 0.393 e. The fourth-order valence-corrected chi connectivity index (χ4v) is 4.50. The standard InChI is InChI=1S/C20H20ClF2NO2S/c21-16-7-3-13(20(26)24-14-4-8-17(22)18(23)10-14)9-19(16)27-11-12-1-5-15(25)6-2-12/h3-4,7-10,12,15,25H,1-2,5-6,11H2,(H,24,26). The SMILES string of the molecule is O=C(Nc1ccc(F)c(F)c1)c1ccc(Cl)c(SCC2CCC(O)CC2)c1. The van der Waals surface area contributed by atoms with Crippen LogP contribution in [0.1, 0.15) is 36.0 Å². The van der Waals surface area contributed by atoms with Gasteiger partial charge in [0, 0.05) is 28.0 Å². The number of benzene rings is 2. The number of anilines is 1. The summed E-state index contributed by atoms with van der Waals surface area (Å²) in [6.45, 7) is 0. The van der Waals surface area contributed by atoms with Crippen LogP contribution in [0.25, 0.3) is 0 Å². The Hall–Kier alpha value is -1.63. The predicted octanol–water partition coefficient (Wildman–Crippen LogP) is 5.51. The Labute approximate surface area is 166 Å². The van der Waals surface area contributed by atoms with E-state index < -0.39 is 17.5 Å². The summed E-state index contributed by atoms with van der Waals surface area (Å²) in [5.41, 5.74) is 0.578. The van der Waals surface area contributed by atoms with Crippen LogP contribution in [0.4, 0.5) is 14.5 Å². The second kappa shape index (κ2) is 9.04. The van der Waals surface area contributed by atoms with Crippen molar-refractivity contribution in [1.82, 2.24) is 0 Å². The zero-order chi connectivity index (χ0) is 19.4.